The van der Waals surface area contributed by atoms with E-state index >= 15 is 0 Å². The predicted octanol–water partition coefficient (Wildman–Crippen LogP) is 3.03. The van der Waals surface area contributed by atoms with E-state index in [1.165, 1.54) is 16.6 Å². The summed E-state index contributed by atoms with van der Waals surface area (Å²) in [6.07, 6.45) is -4.19. The first-order valence-corrected chi connectivity index (χ1v) is 9.04. The van der Waals surface area contributed by atoms with Gasteiger partial charge in [0.05, 0.1) is 5.52 Å². The Morgan fingerprint density at radius 1 is 1.13 bits per heavy atom. The standard InChI is InChI=1S/C19H16F3N7O/c1-2-11(15(23)30)25-18-26-12-7-4-3-6-10(12)17-27-16(28-29(17)18)13-8-5-9-14(24-13)19(20,21)22/h3-9,11H,2H2,1H3,(H2,23,30)(H,25,26)/t11-/m1/s1. The lowest BCUT2D eigenvalue weighted by Gasteiger charge is -2.15. The van der Waals surface area contributed by atoms with Crippen molar-refractivity contribution < 1.29 is 18.0 Å². The van der Waals surface area contributed by atoms with E-state index in [2.05, 4.69) is 25.4 Å². The molecule has 0 fully saturated rings. The van der Waals surface area contributed by atoms with E-state index in [-0.39, 0.29) is 17.5 Å². The molecule has 1 amide bonds. The molecule has 3 N–H and O–H groups in total. The minimum absolute atomic E-state index is 0.00516. The van der Waals surface area contributed by atoms with Crippen LogP contribution in [0.3, 0.4) is 0 Å². The number of nitrogens with two attached hydrogens (primary N) is 1. The van der Waals surface area contributed by atoms with Crippen LogP contribution in [0.2, 0.25) is 0 Å². The van der Waals surface area contributed by atoms with Crippen molar-refractivity contribution in [1.82, 2.24) is 24.6 Å². The van der Waals surface area contributed by atoms with E-state index < -0.39 is 23.8 Å². The van der Waals surface area contributed by atoms with Gasteiger partial charge in [-0.25, -0.2) is 15.0 Å². The molecule has 0 aliphatic carbocycles. The molecule has 3 heterocycles. The van der Waals surface area contributed by atoms with Crippen LogP contribution < -0.4 is 11.1 Å². The fourth-order valence-corrected chi connectivity index (χ4v) is 3.01. The normalized spacial score (nSPS) is 12.9. The van der Waals surface area contributed by atoms with Crippen molar-refractivity contribution in [1.29, 1.82) is 0 Å². The van der Waals surface area contributed by atoms with Gasteiger partial charge in [0.25, 0.3) is 0 Å². The second-order valence-corrected chi connectivity index (χ2v) is 6.54. The maximum absolute atomic E-state index is 13.0. The van der Waals surface area contributed by atoms with Crippen LogP contribution in [-0.4, -0.2) is 36.5 Å². The summed E-state index contributed by atoms with van der Waals surface area (Å²) in [7, 11) is 0. The van der Waals surface area contributed by atoms with Gasteiger partial charge in [0, 0.05) is 5.39 Å². The van der Waals surface area contributed by atoms with Gasteiger partial charge in [0.1, 0.15) is 17.4 Å². The van der Waals surface area contributed by atoms with Gasteiger partial charge >= 0.3 is 6.18 Å². The van der Waals surface area contributed by atoms with Crippen molar-refractivity contribution in [3.63, 3.8) is 0 Å². The van der Waals surface area contributed by atoms with Crippen LogP contribution in [0.4, 0.5) is 19.1 Å². The summed E-state index contributed by atoms with van der Waals surface area (Å²) >= 11 is 0. The zero-order chi connectivity index (χ0) is 21.5. The van der Waals surface area contributed by atoms with Crippen LogP contribution in [0, 0.1) is 0 Å². The highest BCUT2D eigenvalue weighted by molar-refractivity contribution is 5.93. The summed E-state index contributed by atoms with van der Waals surface area (Å²) in [5.41, 5.74) is 5.27. The first-order chi connectivity index (χ1) is 14.3. The number of rotatable bonds is 5. The second kappa shape index (κ2) is 7.25. The number of nitrogens with one attached hydrogen (secondary N) is 1. The number of aromatic nitrogens is 5. The zero-order valence-corrected chi connectivity index (χ0v) is 15.7. The average Bonchev–Trinajstić information content (AvgIpc) is 3.17. The quantitative estimate of drug-likeness (QED) is 0.518. The Kier molecular flexibility index (Phi) is 4.72. The first kappa shape index (κ1) is 19.6. The zero-order valence-electron chi connectivity index (χ0n) is 15.7. The van der Waals surface area contributed by atoms with E-state index in [9.17, 15) is 18.0 Å². The summed E-state index contributed by atoms with van der Waals surface area (Å²) in [5.74, 6) is -0.380. The van der Waals surface area contributed by atoms with Gasteiger partial charge in [-0.1, -0.05) is 25.1 Å². The smallest absolute Gasteiger partial charge is 0.368 e. The molecule has 154 valence electrons. The number of anilines is 1. The van der Waals surface area contributed by atoms with Crippen LogP contribution in [-0.2, 0) is 11.0 Å². The molecule has 0 saturated heterocycles. The van der Waals surface area contributed by atoms with Gasteiger partial charge < -0.3 is 11.1 Å². The number of pyridine rings is 1. The lowest BCUT2D eigenvalue weighted by molar-refractivity contribution is -0.141. The van der Waals surface area contributed by atoms with E-state index in [0.29, 0.717) is 23.0 Å². The first-order valence-electron chi connectivity index (χ1n) is 9.04. The Bertz CT molecular complexity index is 1250. The Labute approximate surface area is 168 Å². The predicted molar refractivity (Wildman–Crippen MR) is 103 cm³/mol. The van der Waals surface area contributed by atoms with Crippen LogP contribution >= 0.6 is 0 Å². The average molecular weight is 415 g/mol. The molecule has 0 aliphatic rings. The molecule has 1 atom stereocenters. The van der Waals surface area contributed by atoms with Crippen LogP contribution in [0.15, 0.2) is 42.5 Å². The molecule has 11 heteroatoms. The topological polar surface area (TPSA) is 111 Å². The van der Waals surface area contributed by atoms with Gasteiger partial charge in [0.2, 0.25) is 17.7 Å². The monoisotopic (exact) mass is 415 g/mol. The Balaban J connectivity index is 1.92. The molecule has 30 heavy (non-hydrogen) atoms. The largest absolute Gasteiger partial charge is 0.433 e. The molecular weight excluding hydrogens is 399 g/mol. The van der Waals surface area contributed by atoms with Crippen molar-refractivity contribution in [3.05, 3.63) is 48.2 Å². The molecule has 0 spiro atoms. The molecule has 3 aromatic heterocycles. The maximum atomic E-state index is 13.0. The maximum Gasteiger partial charge on any atom is 0.433 e. The number of hydrogen-bond donors (Lipinski definition) is 2. The highest BCUT2D eigenvalue weighted by atomic mass is 19.4. The number of carbonyl (C=O) groups is 1. The van der Waals surface area contributed by atoms with Gasteiger partial charge in [-0.3, -0.25) is 4.79 Å². The van der Waals surface area contributed by atoms with Crippen molar-refractivity contribution in [2.75, 3.05) is 5.32 Å². The number of benzene rings is 1. The molecular formula is C19H16F3N7O. The third-order valence-corrected chi connectivity index (χ3v) is 4.50. The summed E-state index contributed by atoms with van der Waals surface area (Å²) < 4.78 is 40.5. The second-order valence-electron chi connectivity index (χ2n) is 6.54. The lowest BCUT2D eigenvalue weighted by atomic mass is 10.2. The van der Waals surface area contributed by atoms with Crippen LogP contribution in [0.5, 0.6) is 0 Å². The van der Waals surface area contributed by atoms with E-state index in [4.69, 9.17) is 5.73 Å². The highest BCUT2D eigenvalue weighted by Crippen LogP contribution is 2.29. The van der Waals surface area contributed by atoms with E-state index in [1.807, 2.05) is 0 Å². The molecule has 4 rings (SSSR count). The van der Waals surface area contributed by atoms with Crippen LogP contribution in [0.25, 0.3) is 28.1 Å². The molecule has 0 unspecified atom stereocenters. The van der Waals surface area contributed by atoms with Crippen molar-refractivity contribution in [2.24, 2.45) is 5.73 Å². The van der Waals surface area contributed by atoms with E-state index in [0.717, 1.165) is 6.07 Å². The molecule has 0 aliphatic heterocycles. The summed E-state index contributed by atoms with van der Waals surface area (Å²) in [5, 5.41) is 7.88. The van der Waals surface area contributed by atoms with Gasteiger partial charge in [-0.2, -0.15) is 17.7 Å². The number of amides is 1. The minimum Gasteiger partial charge on any atom is -0.368 e. The Hall–Kier alpha value is -3.76. The molecule has 1 aromatic carbocycles. The van der Waals surface area contributed by atoms with Crippen molar-refractivity contribution in [3.8, 4) is 11.5 Å². The number of alkyl halides is 3. The number of para-hydroxylation sites is 1. The SMILES string of the molecule is CC[C@@H](Nc1nc2ccccc2c2nc(-c3cccc(C(F)(F)F)n3)nn12)C(N)=O. The number of carbonyl (C=O) groups excluding carboxylic acids is 1. The third-order valence-electron chi connectivity index (χ3n) is 4.50. The van der Waals surface area contributed by atoms with Gasteiger partial charge in [-0.15, -0.1) is 5.10 Å². The lowest BCUT2D eigenvalue weighted by Crippen LogP contribution is -2.35. The van der Waals surface area contributed by atoms with Crippen LogP contribution in [0.1, 0.15) is 19.0 Å². The molecule has 0 saturated carbocycles. The molecule has 4 aromatic rings. The Morgan fingerprint density at radius 2 is 1.90 bits per heavy atom. The summed E-state index contributed by atoms with van der Waals surface area (Å²) in [4.78, 5) is 24.2. The Morgan fingerprint density at radius 3 is 2.60 bits per heavy atom. The number of nitrogens with zero attached hydrogens (tertiary/aromatic N) is 5. The number of hydrogen-bond acceptors (Lipinski definition) is 6. The molecule has 0 bridgehead atoms. The van der Waals surface area contributed by atoms with Crippen molar-refractivity contribution in [2.45, 2.75) is 25.6 Å². The van der Waals surface area contributed by atoms with Gasteiger partial charge in [-0.05, 0) is 30.7 Å². The number of primary amides is 1. The third kappa shape index (κ3) is 3.49. The summed E-state index contributed by atoms with van der Waals surface area (Å²) in [6.45, 7) is 1.78. The molecule has 0 radical (unpaired) electrons. The highest BCUT2D eigenvalue weighted by Gasteiger charge is 2.33. The summed E-state index contributed by atoms with van der Waals surface area (Å²) in [6, 6.07) is 9.90. The van der Waals surface area contributed by atoms with Crippen molar-refractivity contribution >= 4 is 28.4 Å². The number of fused-ring (bicyclic) bond motifs is 3. The fraction of sp³-hybridized carbons (Fsp3) is 0.211. The van der Waals surface area contributed by atoms with Gasteiger partial charge in [0.15, 0.2) is 5.65 Å². The van der Waals surface area contributed by atoms with E-state index in [1.54, 1.807) is 31.2 Å². The molecule has 8 nitrogen and oxygen atoms in total. The fourth-order valence-electron chi connectivity index (χ4n) is 3.01. The minimum atomic E-state index is -4.59. The number of halogens is 3.